The van der Waals surface area contributed by atoms with Crippen LogP contribution in [0, 0.1) is 0 Å². The van der Waals surface area contributed by atoms with Crippen LogP contribution in [-0.4, -0.2) is 63.2 Å². The van der Waals surface area contributed by atoms with Crippen LogP contribution in [-0.2, 0) is 29.0 Å². The molecule has 0 radical (unpaired) electrons. The molecule has 4 rings (SSSR count). The molecule has 2 amide bonds. The van der Waals surface area contributed by atoms with Crippen molar-refractivity contribution in [2.45, 2.75) is 45.1 Å². The van der Waals surface area contributed by atoms with Crippen LogP contribution in [0.3, 0.4) is 0 Å². The third-order valence-electron chi connectivity index (χ3n) is 6.04. The molecule has 1 fully saturated rings. The lowest BCUT2D eigenvalue weighted by Gasteiger charge is -2.32. The molecule has 0 aliphatic carbocycles. The molecule has 8 nitrogen and oxygen atoms in total. The summed E-state index contributed by atoms with van der Waals surface area (Å²) in [6, 6.07) is 5.63. The fraction of sp³-hybridized carbons (Fsp3) is 0.500. The predicted octanol–water partition coefficient (Wildman–Crippen LogP) is 1.77. The van der Waals surface area contributed by atoms with Crippen molar-refractivity contribution >= 4 is 17.6 Å². The van der Waals surface area contributed by atoms with Crippen molar-refractivity contribution in [3.05, 3.63) is 47.2 Å². The summed E-state index contributed by atoms with van der Waals surface area (Å²) in [5, 5.41) is 3.22. The van der Waals surface area contributed by atoms with Crippen molar-refractivity contribution in [3.63, 3.8) is 0 Å². The first-order chi connectivity index (χ1) is 14.5. The number of likely N-dealkylation sites (tertiary alicyclic amines) is 1. The molecule has 0 atom stereocenters. The van der Waals surface area contributed by atoms with Gasteiger partial charge in [0.05, 0.1) is 18.7 Å². The van der Waals surface area contributed by atoms with Crippen molar-refractivity contribution in [1.82, 2.24) is 24.8 Å². The molecule has 2 aromatic heterocycles. The minimum atomic E-state index is 0.0697. The molecule has 30 heavy (non-hydrogen) atoms. The van der Waals surface area contributed by atoms with Gasteiger partial charge in [0.2, 0.25) is 11.8 Å². The van der Waals surface area contributed by atoms with E-state index >= 15 is 0 Å². The number of amides is 2. The van der Waals surface area contributed by atoms with E-state index in [0.717, 1.165) is 60.9 Å². The zero-order valence-corrected chi connectivity index (χ0v) is 17.6. The highest BCUT2D eigenvalue weighted by atomic mass is 16.2. The Labute approximate surface area is 176 Å². The van der Waals surface area contributed by atoms with Crippen LogP contribution in [0.2, 0.25) is 0 Å². The molecule has 2 aliphatic heterocycles. The van der Waals surface area contributed by atoms with Crippen molar-refractivity contribution in [3.8, 4) is 0 Å². The molecule has 1 N–H and O–H groups in total. The van der Waals surface area contributed by atoms with E-state index in [9.17, 15) is 9.59 Å². The fourth-order valence-corrected chi connectivity index (χ4v) is 4.27. The second-order valence-corrected chi connectivity index (χ2v) is 7.95. The van der Waals surface area contributed by atoms with Gasteiger partial charge in [-0.25, -0.2) is 9.97 Å². The number of nitrogens with one attached hydrogen (secondary N) is 1. The van der Waals surface area contributed by atoms with Gasteiger partial charge in [-0.3, -0.25) is 14.6 Å². The zero-order chi connectivity index (χ0) is 21.1. The van der Waals surface area contributed by atoms with Gasteiger partial charge < -0.3 is 15.1 Å². The monoisotopic (exact) mass is 408 g/mol. The van der Waals surface area contributed by atoms with Crippen LogP contribution in [0.25, 0.3) is 0 Å². The maximum atomic E-state index is 12.8. The van der Waals surface area contributed by atoms with E-state index in [2.05, 4.69) is 10.3 Å². The van der Waals surface area contributed by atoms with Crippen molar-refractivity contribution in [1.29, 1.82) is 0 Å². The Balaban J connectivity index is 1.51. The number of fused-ring (bicyclic) bond motifs is 1. The molecule has 1 saturated heterocycles. The van der Waals surface area contributed by atoms with E-state index in [1.807, 2.05) is 35.0 Å². The highest BCUT2D eigenvalue weighted by molar-refractivity contribution is 5.78. The first-order valence-electron chi connectivity index (χ1n) is 10.6. The van der Waals surface area contributed by atoms with Gasteiger partial charge in [0, 0.05) is 57.0 Å². The molecule has 0 unspecified atom stereocenters. The fourth-order valence-electron chi connectivity index (χ4n) is 4.27. The lowest BCUT2D eigenvalue weighted by molar-refractivity contribution is -0.131. The minimum Gasteiger partial charge on any atom is -0.373 e. The highest BCUT2D eigenvalue weighted by Crippen LogP contribution is 2.30. The number of pyridine rings is 1. The molecule has 0 spiro atoms. The van der Waals surface area contributed by atoms with Gasteiger partial charge >= 0.3 is 0 Å². The molecule has 0 saturated carbocycles. The summed E-state index contributed by atoms with van der Waals surface area (Å²) in [6.45, 7) is 4.25. The van der Waals surface area contributed by atoms with Gasteiger partial charge in [-0.05, 0) is 31.4 Å². The van der Waals surface area contributed by atoms with Gasteiger partial charge in [-0.2, -0.15) is 0 Å². The van der Waals surface area contributed by atoms with Crippen LogP contribution < -0.4 is 5.32 Å². The molecule has 2 aliphatic rings. The summed E-state index contributed by atoms with van der Waals surface area (Å²) in [6.07, 6.45) is 4.48. The second kappa shape index (κ2) is 8.77. The number of carbonyl (C=O) groups excluding carboxylic acids is 2. The Hall–Kier alpha value is -3.03. The third kappa shape index (κ3) is 4.27. The summed E-state index contributed by atoms with van der Waals surface area (Å²) >= 11 is 0. The van der Waals surface area contributed by atoms with Gasteiger partial charge in [0.15, 0.2) is 0 Å². The SMILES string of the molecule is CNc1nc(C2CCN(C(C)=O)CC2)nc2c1CCN(C(=O)Cc1ccccn1)C2. The maximum Gasteiger partial charge on any atom is 0.228 e. The minimum absolute atomic E-state index is 0.0697. The van der Waals surface area contributed by atoms with Crippen LogP contribution in [0.1, 0.15) is 48.5 Å². The second-order valence-electron chi connectivity index (χ2n) is 7.95. The average Bonchev–Trinajstić information content (AvgIpc) is 2.78. The summed E-state index contributed by atoms with van der Waals surface area (Å²) in [7, 11) is 1.88. The smallest absolute Gasteiger partial charge is 0.228 e. The Morgan fingerprint density at radius 1 is 1.13 bits per heavy atom. The summed E-state index contributed by atoms with van der Waals surface area (Å²) in [5.74, 6) is 2.11. The lowest BCUT2D eigenvalue weighted by atomic mass is 9.95. The molecular formula is C22H28N6O2. The number of piperidine rings is 1. The summed E-state index contributed by atoms with van der Waals surface area (Å²) in [4.78, 5) is 42.1. The van der Waals surface area contributed by atoms with E-state index in [4.69, 9.17) is 9.97 Å². The molecule has 8 heteroatoms. The normalized spacial score (nSPS) is 16.9. The van der Waals surface area contributed by atoms with Crippen LogP contribution in [0.15, 0.2) is 24.4 Å². The average molecular weight is 409 g/mol. The van der Waals surface area contributed by atoms with Gasteiger partial charge in [0.25, 0.3) is 0 Å². The Bertz CT molecular complexity index is 925. The number of nitrogens with zero attached hydrogens (tertiary/aromatic N) is 5. The molecule has 0 aromatic carbocycles. The molecular weight excluding hydrogens is 380 g/mol. The topological polar surface area (TPSA) is 91.3 Å². The number of hydrogen-bond donors (Lipinski definition) is 1. The van der Waals surface area contributed by atoms with Crippen molar-refractivity contribution in [2.24, 2.45) is 0 Å². The van der Waals surface area contributed by atoms with E-state index in [1.54, 1.807) is 13.1 Å². The highest BCUT2D eigenvalue weighted by Gasteiger charge is 2.29. The Kier molecular flexibility index (Phi) is 5.92. The first-order valence-corrected chi connectivity index (χ1v) is 10.6. The van der Waals surface area contributed by atoms with Crippen LogP contribution in [0.4, 0.5) is 5.82 Å². The van der Waals surface area contributed by atoms with Crippen LogP contribution >= 0.6 is 0 Å². The van der Waals surface area contributed by atoms with E-state index in [-0.39, 0.29) is 17.7 Å². The van der Waals surface area contributed by atoms with Gasteiger partial charge in [-0.1, -0.05) is 6.07 Å². The molecule has 2 aromatic rings. The molecule has 4 heterocycles. The number of rotatable bonds is 4. The number of hydrogen-bond acceptors (Lipinski definition) is 6. The maximum absolute atomic E-state index is 12.8. The van der Waals surface area contributed by atoms with Gasteiger partial charge in [0.1, 0.15) is 11.6 Å². The number of carbonyl (C=O) groups is 2. The van der Waals surface area contributed by atoms with Crippen molar-refractivity contribution < 1.29 is 9.59 Å². The Morgan fingerprint density at radius 3 is 2.60 bits per heavy atom. The van der Waals surface area contributed by atoms with Crippen molar-refractivity contribution in [2.75, 3.05) is 32.0 Å². The predicted molar refractivity (Wildman–Crippen MR) is 113 cm³/mol. The first kappa shape index (κ1) is 20.3. The van der Waals surface area contributed by atoms with Crippen LogP contribution in [0.5, 0.6) is 0 Å². The van der Waals surface area contributed by atoms with E-state index in [0.29, 0.717) is 19.5 Å². The quantitative estimate of drug-likeness (QED) is 0.829. The number of aromatic nitrogens is 3. The van der Waals surface area contributed by atoms with Gasteiger partial charge in [-0.15, -0.1) is 0 Å². The Morgan fingerprint density at radius 2 is 1.93 bits per heavy atom. The number of anilines is 1. The zero-order valence-electron chi connectivity index (χ0n) is 17.6. The van der Waals surface area contributed by atoms with E-state index in [1.165, 1.54) is 0 Å². The largest absolute Gasteiger partial charge is 0.373 e. The third-order valence-corrected chi connectivity index (χ3v) is 6.04. The summed E-state index contributed by atoms with van der Waals surface area (Å²) < 4.78 is 0. The lowest BCUT2D eigenvalue weighted by Crippen LogP contribution is -2.39. The standard InChI is InChI=1S/C22H28N6O2/c1-15(29)27-10-6-16(7-11-27)21-25-19-14-28(12-8-18(19)22(23-2)26-21)20(30)13-17-5-3-4-9-24-17/h3-5,9,16H,6-8,10-14H2,1-2H3,(H,23,25,26). The molecule has 0 bridgehead atoms. The van der Waals surface area contributed by atoms with E-state index < -0.39 is 0 Å². The summed E-state index contributed by atoms with van der Waals surface area (Å²) in [5.41, 5.74) is 2.81. The molecule has 158 valence electrons.